The summed E-state index contributed by atoms with van der Waals surface area (Å²) in [6, 6.07) is 14.7. The van der Waals surface area contributed by atoms with E-state index in [2.05, 4.69) is 29.6 Å². The molecule has 1 atom stereocenters. The molecule has 0 unspecified atom stereocenters. The second-order valence-corrected chi connectivity index (χ2v) is 7.07. The van der Waals surface area contributed by atoms with Crippen LogP contribution in [-0.4, -0.2) is 51.8 Å². The molecule has 3 rings (SSSR count). The van der Waals surface area contributed by atoms with E-state index in [4.69, 9.17) is 9.47 Å². The van der Waals surface area contributed by atoms with Gasteiger partial charge in [0, 0.05) is 5.56 Å². The third-order valence-electron chi connectivity index (χ3n) is 5.05. The van der Waals surface area contributed by atoms with Crippen molar-refractivity contribution < 1.29 is 24.0 Å². The van der Waals surface area contributed by atoms with E-state index in [1.807, 2.05) is 6.92 Å². The van der Waals surface area contributed by atoms with Gasteiger partial charge in [-0.15, -0.1) is 0 Å². The summed E-state index contributed by atoms with van der Waals surface area (Å²) in [6.07, 6.45) is 0. The van der Waals surface area contributed by atoms with Crippen LogP contribution >= 0.6 is 0 Å². The van der Waals surface area contributed by atoms with E-state index in [9.17, 15) is 9.59 Å². The first-order chi connectivity index (χ1) is 13.6. The fraction of sp³-hybridized carbons (Fsp3) is 0.364. The van der Waals surface area contributed by atoms with Gasteiger partial charge in [-0.25, -0.2) is 4.79 Å². The number of hydrogen-bond donors (Lipinski definition) is 2. The summed E-state index contributed by atoms with van der Waals surface area (Å²) in [5.74, 6) is -0.574. The number of quaternary nitrogens is 1. The Hall–Kier alpha value is -2.70. The number of esters is 1. The van der Waals surface area contributed by atoms with E-state index in [-0.39, 0.29) is 11.9 Å². The molecule has 1 aliphatic heterocycles. The molecular weight excluding hydrogens is 356 g/mol. The second kappa shape index (κ2) is 9.48. The average Bonchev–Trinajstić information content (AvgIpc) is 2.74. The van der Waals surface area contributed by atoms with Gasteiger partial charge < -0.3 is 19.7 Å². The fourth-order valence-electron chi connectivity index (χ4n) is 3.32. The minimum Gasteiger partial charge on any atom is -0.465 e. The summed E-state index contributed by atoms with van der Waals surface area (Å²) in [6.45, 7) is 6.22. The molecular formula is C22H27N2O4+. The molecule has 0 radical (unpaired) electrons. The minimum absolute atomic E-state index is 0.0958. The van der Waals surface area contributed by atoms with Gasteiger partial charge in [0.2, 0.25) is 0 Å². The Morgan fingerprint density at radius 2 is 1.64 bits per heavy atom. The van der Waals surface area contributed by atoms with Crippen LogP contribution in [0.3, 0.4) is 0 Å². The molecule has 1 amide bonds. The van der Waals surface area contributed by atoms with Crippen molar-refractivity contribution in [3.8, 4) is 0 Å². The lowest BCUT2D eigenvalue weighted by molar-refractivity contribution is -0.909. The molecule has 2 aromatic rings. The molecule has 1 heterocycles. The highest BCUT2D eigenvalue weighted by molar-refractivity contribution is 5.96. The number of methoxy groups -OCH3 is 1. The highest BCUT2D eigenvalue weighted by Crippen LogP contribution is 2.14. The van der Waals surface area contributed by atoms with Crippen molar-refractivity contribution in [1.29, 1.82) is 0 Å². The van der Waals surface area contributed by atoms with Gasteiger partial charge in [-0.05, 0) is 36.8 Å². The zero-order chi connectivity index (χ0) is 19.9. The minimum atomic E-state index is -0.416. The molecule has 0 bridgehead atoms. The molecule has 0 saturated carbocycles. The Bertz CT molecular complexity index is 796. The van der Waals surface area contributed by atoms with Crippen molar-refractivity contribution >= 4 is 11.9 Å². The highest BCUT2D eigenvalue weighted by atomic mass is 16.5. The molecule has 6 heteroatoms. The standard InChI is InChI=1S/C22H26N2O4/c1-16-3-5-17(6-4-16)20(15-24-11-13-28-14-12-24)23-21(25)18-7-9-19(10-8-18)22(26)27-2/h3-10,20H,11-15H2,1-2H3,(H,23,25)/p+1/t20-/m0/s1. The molecule has 6 nitrogen and oxygen atoms in total. The van der Waals surface area contributed by atoms with Gasteiger partial charge in [-0.2, -0.15) is 0 Å². The first-order valence-electron chi connectivity index (χ1n) is 9.54. The number of benzene rings is 2. The Labute approximate surface area is 165 Å². The van der Waals surface area contributed by atoms with Gasteiger partial charge in [0.25, 0.3) is 5.91 Å². The van der Waals surface area contributed by atoms with Crippen LogP contribution in [-0.2, 0) is 9.47 Å². The van der Waals surface area contributed by atoms with Gasteiger partial charge in [-0.3, -0.25) is 4.79 Å². The maximum Gasteiger partial charge on any atom is 0.337 e. The van der Waals surface area contributed by atoms with Crippen molar-refractivity contribution in [2.45, 2.75) is 13.0 Å². The Morgan fingerprint density at radius 1 is 1.04 bits per heavy atom. The molecule has 1 saturated heterocycles. The van der Waals surface area contributed by atoms with E-state index in [0.717, 1.165) is 38.4 Å². The van der Waals surface area contributed by atoms with Crippen molar-refractivity contribution in [2.24, 2.45) is 0 Å². The third kappa shape index (κ3) is 5.18. The summed E-state index contributed by atoms with van der Waals surface area (Å²) < 4.78 is 10.1. The van der Waals surface area contributed by atoms with Gasteiger partial charge in [0.05, 0.1) is 25.9 Å². The number of rotatable bonds is 6. The highest BCUT2D eigenvalue weighted by Gasteiger charge is 2.23. The molecule has 2 aromatic carbocycles. The first-order valence-corrected chi connectivity index (χ1v) is 9.54. The number of nitrogens with one attached hydrogen (secondary N) is 2. The van der Waals surface area contributed by atoms with Crippen molar-refractivity contribution in [1.82, 2.24) is 5.32 Å². The summed E-state index contributed by atoms with van der Waals surface area (Å²) in [5, 5.41) is 3.16. The van der Waals surface area contributed by atoms with Crippen molar-refractivity contribution in [3.63, 3.8) is 0 Å². The van der Waals surface area contributed by atoms with Crippen LogP contribution in [0.5, 0.6) is 0 Å². The maximum absolute atomic E-state index is 12.8. The number of aryl methyl sites for hydroxylation is 1. The van der Waals surface area contributed by atoms with E-state index >= 15 is 0 Å². The maximum atomic E-state index is 12.8. The van der Waals surface area contributed by atoms with Crippen molar-refractivity contribution in [3.05, 3.63) is 70.8 Å². The normalized spacial score (nSPS) is 15.6. The summed E-state index contributed by atoms with van der Waals surface area (Å²) >= 11 is 0. The largest absolute Gasteiger partial charge is 0.465 e. The van der Waals surface area contributed by atoms with Crippen molar-refractivity contribution in [2.75, 3.05) is 40.0 Å². The summed E-state index contributed by atoms with van der Waals surface area (Å²) in [4.78, 5) is 25.8. The molecule has 0 aromatic heterocycles. The van der Waals surface area contributed by atoms with Gasteiger partial charge in [0.1, 0.15) is 25.7 Å². The van der Waals surface area contributed by atoms with Crippen LogP contribution in [0.2, 0.25) is 0 Å². The smallest absolute Gasteiger partial charge is 0.337 e. The molecule has 0 spiro atoms. The molecule has 28 heavy (non-hydrogen) atoms. The van der Waals surface area contributed by atoms with E-state index in [1.165, 1.54) is 17.6 Å². The van der Waals surface area contributed by atoms with Gasteiger partial charge in [0.15, 0.2) is 0 Å². The van der Waals surface area contributed by atoms with Gasteiger partial charge in [-0.1, -0.05) is 29.8 Å². The van der Waals surface area contributed by atoms with Crippen LogP contribution in [0.25, 0.3) is 0 Å². The average molecular weight is 383 g/mol. The van der Waals surface area contributed by atoms with Crippen LogP contribution in [0, 0.1) is 6.92 Å². The summed E-state index contributed by atoms with van der Waals surface area (Å²) in [5.41, 5.74) is 3.21. The number of hydrogen-bond acceptors (Lipinski definition) is 4. The predicted molar refractivity (Wildman–Crippen MR) is 106 cm³/mol. The lowest BCUT2D eigenvalue weighted by Crippen LogP contribution is -3.14. The van der Waals surface area contributed by atoms with E-state index < -0.39 is 5.97 Å². The zero-order valence-corrected chi connectivity index (χ0v) is 16.4. The van der Waals surface area contributed by atoms with Gasteiger partial charge >= 0.3 is 5.97 Å². The lowest BCUT2D eigenvalue weighted by atomic mass is 10.0. The molecule has 1 aliphatic rings. The molecule has 148 valence electrons. The second-order valence-electron chi connectivity index (χ2n) is 7.07. The Kier molecular flexibility index (Phi) is 6.79. The predicted octanol–water partition coefficient (Wildman–Crippen LogP) is 1.17. The number of morpholine rings is 1. The zero-order valence-electron chi connectivity index (χ0n) is 16.4. The van der Waals surface area contributed by atoms with E-state index in [1.54, 1.807) is 24.3 Å². The lowest BCUT2D eigenvalue weighted by Gasteiger charge is -2.28. The summed E-state index contributed by atoms with van der Waals surface area (Å²) in [7, 11) is 1.34. The van der Waals surface area contributed by atoms with Crippen LogP contribution < -0.4 is 10.2 Å². The Morgan fingerprint density at radius 3 is 2.25 bits per heavy atom. The molecule has 1 fully saturated rings. The monoisotopic (exact) mass is 383 g/mol. The third-order valence-corrected chi connectivity index (χ3v) is 5.05. The number of carbonyl (C=O) groups is 2. The van der Waals surface area contributed by atoms with Crippen LogP contribution in [0.1, 0.15) is 37.9 Å². The topological polar surface area (TPSA) is 69.1 Å². The quantitative estimate of drug-likeness (QED) is 0.735. The number of ether oxygens (including phenoxy) is 2. The number of amides is 1. The first kappa shape index (κ1) is 20.0. The van der Waals surface area contributed by atoms with Crippen LogP contribution in [0.15, 0.2) is 48.5 Å². The molecule has 0 aliphatic carbocycles. The van der Waals surface area contributed by atoms with E-state index in [0.29, 0.717) is 11.1 Å². The fourth-order valence-corrected chi connectivity index (χ4v) is 3.32. The number of carbonyl (C=O) groups excluding carboxylic acids is 2. The van der Waals surface area contributed by atoms with Crippen LogP contribution in [0.4, 0.5) is 0 Å². The Balaban J connectivity index is 1.74. The SMILES string of the molecule is COC(=O)c1ccc(C(=O)N[C@@H](C[NH+]2CCOCC2)c2ccc(C)cc2)cc1. The molecule has 2 N–H and O–H groups in total.